The number of hydrogen-bond acceptors (Lipinski definition) is 3. The van der Waals surface area contributed by atoms with Crippen LogP contribution in [0.2, 0.25) is 5.02 Å². The van der Waals surface area contributed by atoms with Crippen LogP contribution in [-0.2, 0) is 11.2 Å². The molecule has 3 rings (SSSR count). The number of benzene rings is 1. The first-order chi connectivity index (χ1) is 11.5. The summed E-state index contributed by atoms with van der Waals surface area (Å²) in [6.07, 6.45) is 0.401. The van der Waals surface area contributed by atoms with Gasteiger partial charge in [0.2, 0.25) is 5.91 Å². The molecule has 0 spiro atoms. The van der Waals surface area contributed by atoms with Gasteiger partial charge in [-0.05, 0) is 45.0 Å². The van der Waals surface area contributed by atoms with Gasteiger partial charge in [-0.15, -0.1) is 12.4 Å². The molecule has 1 aliphatic heterocycles. The Labute approximate surface area is 159 Å². The zero-order valence-electron chi connectivity index (χ0n) is 14.8. The molecule has 1 unspecified atom stereocenters. The predicted octanol–water partition coefficient (Wildman–Crippen LogP) is 2.93. The Hall–Kier alpha value is -1.56. The Morgan fingerprint density at radius 1 is 1.32 bits per heavy atom. The van der Waals surface area contributed by atoms with Crippen molar-refractivity contribution in [1.82, 2.24) is 20.0 Å². The second-order valence-electron chi connectivity index (χ2n) is 6.41. The van der Waals surface area contributed by atoms with Crippen molar-refractivity contribution >= 4 is 29.9 Å². The average Bonchev–Trinajstić information content (AvgIpc) is 2.84. The minimum Gasteiger partial charge on any atom is -0.340 e. The number of carbonyl (C=O) groups is 1. The van der Waals surface area contributed by atoms with Crippen molar-refractivity contribution in [2.45, 2.75) is 33.2 Å². The third-order valence-corrected chi connectivity index (χ3v) is 4.81. The van der Waals surface area contributed by atoms with Crippen molar-refractivity contribution in [2.24, 2.45) is 0 Å². The van der Waals surface area contributed by atoms with Gasteiger partial charge in [-0.2, -0.15) is 5.10 Å². The molecule has 1 atom stereocenters. The van der Waals surface area contributed by atoms with Crippen molar-refractivity contribution in [3.05, 3.63) is 46.2 Å². The Kier molecular flexibility index (Phi) is 6.49. The molecule has 1 amide bonds. The molecule has 1 saturated heterocycles. The van der Waals surface area contributed by atoms with E-state index in [1.165, 1.54) is 0 Å². The highest BCUT2D eigenvalue weighted by atomic mass is 35.5. The largest absolute Gasteiger partial charge is 0.340 e. The van der Waals surface area contributed by atoms with Gasteiger partial charge in [-0.3, -0.25) is 4.79 Å². The van der Waals surface area contributed by atoms with Crippen LogP contribution in [0.3, 0.4) is 0 Å². The number of piperazine rings is 1. The number of amides is 1. The molecule has 136 valence electrons. The van der Waals surface area contributed by atoms with Gasteiger partial charge in [0, 0.05) is 42.0 Å². The van der Waals surface area contributed by atoms with E-state index < -0.39 is 0 Å². The van der Waals surface area contributed by atoms with Crippen molar-refractivity contribution in [2.75, 3.05) is 19.6 Å². The monoisotopic (exact) mass is 382 g/mol. The van der Waals surface area contributed by atoms with Crippen molar-refractivity contribution in [3.63, 3.8) is 0 Å². The fourth-order valence-corrected chi connectivity index (χ4v) is 3.31. The molecule has 0 radical (unpaired) electrons. The van der Waals surface area contributed by atoms with Gasteiger partial charge in [-0.25, -0.2) is 4.68 Å². The standard InChI is InChI=1S/C18H23ClN4O.ClH/c1-12-11-22(9-8-20-12)18(24)10-17-13(2)21-23(14(17)3)16-6-4-15(19)5-7-16;/h4-7,12,20H,8-11H2,1-3H3;1H. The molecule has 5 nitrogen and oxygen atoms in total. The van der Waals surface area contributed by atoms with Crippen molar-refractivity contribution in [1.29, 1.82) is 0 Å². The molecular formula is C18H24Cl2N4O. The van der Waals surface area contributed by atoms with Crippen molar-refractivity contribution < 1.29 is 4.79 Å². The van der Waals surface area contributed by atoms with Gasteiger partial charge in [0.1, 0.15) is 0 Å². The fraction of sp³-hybridized carbons (Fsp3) is 0.444. The summed E-state index contributed by atoms with van der Waals surface area (Å²) in [5.74, 6) is 0.171. The Balaban J connectivity index is 0.00000225. The Bertz CT molecular complexity index is 742. The van der Waals surface area contributed by atoms with Crippen LogP contribution in [0.1, 0.15) is 23.9 Å². The number of nitrogens with one attached hydrogen (secondary N) is 1. The third kappa shape index (κ3) is 4.35. The number of aromatic nitrogens is 2. The molecular weight excluding hydrogens is 359 g/mol. The van der Waals surface area contributed by atoms with Crippen LogP contribution in [0.5, 0.6) is 0 Å². The molecule has 2 aromatic rings. The third-order valence-electron chi connectivity index (χ3n) is 4.56. The molecule has 0 aliphatic carbocycles. The highest BCUT2D eigenvalue weighted by molar-refractivity contribution is 6.30. The maximum Gasteiger partial charge on any atom is 0.227 e. The van der Waals surface area contributed by atoms with E-state index in [1.54, 1.807) is 0 Å². The lowest BCUT2D eigenvalue weighted by atomic mass is 10.1. The second kappa shape index (κ2) is 8.21. The van der Waals surface area contributed by atoms with Crippen LogP contribution in [-0.4, -0.2) is 46.3 Å². The normalized spacial score (nSPS) is 17.3. The predicted molar refractivity (Wildman–Crippen MR) is 103 cm³/mol. The summed E-state index contributed by atoms with van der Waals surface area (Å²) in [4.78, 5) is 14.6. The highest BCUT2D eigenvalue weighted by Crippen LogP contribution is 2.20. The molecule has 1 aliphatic rings. The molecule has 0 saturated carbocycles. The zero-order valence-corrected chi connectivity index (χ0v) is 16.3. The molecule has 7 heteroatoms. The SMILES string of the molecule is Cc1nn(-c2ccc(Cl)cc2)c(C)c1CC(=O)N1CCNC(C)C1.Cl. The maximum absolute atomic E-state index is 12.7. The van der Waals surface area contributed by atoms with E-state index in [4.69, 9.17) is 11.6 Å². The summed E-state index contributed by atoms with van der Waals surface area (Å²) >= 11 is 5.96. The van der Waals surface area contributed by atoms with Gasteiger partial charge in [-0.1, -0.05) is 11.6 Å². The lowest BCUT2D eigenvalue weighted by Gasteiger charge is -2.32. The van der Waals surface area contributed by atoms with E-state index in [0.29, 0.717) is 17.5 Å². The number of aryl methyl sites for hydroxylation is 1. The minimum atomic E-state index is 0. The van der Waals surface area contributed by atoms with Gasteiger partial charge >= 0.3 is 0 Å². The van der Waals surface area contributed by atoms with Crippen LogP contribution in [0.25, 0.3) is 5.69 Å². The summed E-state index contributed by atoms with van der Waals surface area (Å²) in [5.41, 5.74) is 3.88. The van der Waals surface area contributed by atoms with Gasteiger partial charge in [0.05, 0.1) is 17.8 Å². The quantitative estimate of drug-likeness (QED) is 0.887. The molecule has 0 bridgehead atoms. The van der Waals surface area contributed by atoms with E-state index in [1.807, 2.05) is 47.7 Å². The molecule has 1 aromatic carbocycles. The molecule has 1 aromatic heterocycles. The summed E-state index contributed by atoms with van der Waals surface area (Å²) in [5, 5.41) is 8.67. The lowest BCUT2D eigenvalue weighted by Crippen LogP contribution is -2.51. The number of rotatable bonds is 3. The van der Waals surface area contributed by atoms with Gasteiger partial charge in [0.15, 0.2) is 0 Å². The van der Waals surface area contributed by atoms with Crippen LogP contribution in [0.4, 0.5) is 0 Å². The zero-order chi connectivity index (χ0) is 17.3. The number of nitrogens with zero attached hydrogens (tertiary/aromatic N) is 3. The molecule has 2 heterocycles. The Morgan fingerprint density at radius 2 is 2.00 bits per heavy atom. The first-order valence-corrected chi connectivity index (χ1v) is 8.65. The summed E-state index contributed by atoms with van der Waals surface area (Å²) < 4.78 is 1.88. The Morgan fingerprint density at radius 3 is 2.64 bits per heavy atom. The number of carbonyl (C=O) groups excluding carboxylic acids is 1. The first-order valence-electron chi connectivity index (χ1n) is 8.28. The maximum atomic E-state index is 12.7. The molecule has 25 heavy (non-hydrogen) atoms. The molecule has 1 N–H and O–H groups in total. The van der Waals surface area contributed by atoms with Gasteiger partial charge in [0.25, 0.3) is 0 Å². The topological polar surface area (TPSA) is 50.2 Å². The summed E-state index contributed by atoms with van der Waals surface area (Å²) in [6.45, 7) is 8.47. The van der Waals surface area contributed by atoms with Crippen LogP contribution in [0, 0.1) is 13.8 Å². The smallest absolute Gasteiger partial charge is 0.227 e. The highest BCUT2D eigenvalue weighted by Gasteiger charge is 2.23. The van der Waals surface area contributed by atoms with Crippen LogP contribution >= 0.6 is 24.0 Å². The fourth-order valence-electron chi connectivity index (χ4n) is 3.19. The average molecular weight is 383 g/mol. The number of hydrogen-bond donors (Lipinski definition) is 1. The molecule has 1 fully saturated rings. The van der Waals surface area contributed by atoms with Gasteiger partial charge < -0.3 is 10.2 Å². The number of halogens is 2. The van der Waals surface area contributed by atoms with E-state index in [9.17, 15) is 4.79 Å². The van der Waals surface area contributed by atoms with E-state index >= 15 is 0 Å². The van der Waals surface area contributed by atoms with Crippen molar-refractivity contribution in [3.8, 4) is 5.69 Å². The minimum absolute atomic E-state index is 0. The van der Waals surface area contributed by atoms with E-state index in [-0.39, 0.29) is 18.3 Å². The first kappa shape index (κ1) is 19.8. The summed E-state index contributed by atoms with van der Waals surface area (Å²) in [6, 6.07) is 7.92. The van der Waals surface area contributed by atoms with E-state index in [2.05, 4.69) is 17.3 Å². The lowest BCUT2D eigenvalue weighted by molar-refractivity contribution is -0.131. The van der Waals surface area contributed by atoms with Crippen LogP contribution < -0.4 is 5.32 Å². The van der Waals surface area contributed by atoms with E-state index in [0.717, 1.165) is 42.3 Å². The second-order valence-corrected chi connectivity index (χ2v) is 6.85. The summed E-state index contributed by atoms with van der Waals surface area (Å²) in [7, 11) is 0. The van der Waals surface area contributed by atoms with Crippen LogP contribution in [0.15, 0.2) is 24.3 Å².